The molecule has 1 N–H and O–H groups in total. The van der Waals surface area contributed by atoms with Gasteiger partial charge in [-0.1, -0.05) is 18.2 Å². The molecule has 1 saturated heterocycles. The number of hydrogen-bond acceptors (Lipinski definition) is 5. The van der Waals surface area contributed by atoms with Crippen LogP contribution in [0, 0.1) is 0 Å². The van der Waals surface area contributed by atoms with Crippen LogP contribution in [0.3, 0.4) is 0 Å². The molecule has 1 atom stereocenters. The highest BCUT2D eigenvalue weighted by atomic mass is 32.2. The highest BCUT2D eigenvalue weighted by Gasteiger charge is 2.18. The first-order valence-corrected chi connectivity index (χ1v) is 8.87. The van der Waals surface area contributed by atoms with Crippen molar-refractivity contribution in [2.45, 2.75) is 17.2 Å². The van der Waals surface area contributed by atoms with Crippen molar-refractivity contribution in [1.29, 1.82) is 0 Å². The lowest BCUT2D eigenvalue weighted by Gasteiger charge is -2.35. The summed E-state index contributed by atoms with van der Waals surface area (Å²) in [6.07, 6.45) is -0.391. The van der Waals surface area contributed by atoms with E-state index in [4.69, 9.17) is 0 Å². The van der Waals surface area contributed by atoms with Gasteiger partial charge in [0.2, 0.25) is 0 Å². The highest BCUT2D eigenvalue weighted by molar-refractivity contribution is 7.98. The normalized spacial score (nSPS) is 17.9. The molecular formula is C16H20N2OS2. The summed E-state index contributed by atoms with van der Waals surface area (Å²) in [6.45, 7) is 6.04. The zero-order valence-electron chi connectivity index (χ0n) is 12.1. The molecule has 1 aliphatic rings. The largest absolute Gasteiger partial charge is 0.389 e. The van der Waals surface area contributed by atoms with Gasteiger partial charge >= 0.3 is 0 Å². The first kappa shape index (κ1) is 14.9. The molecule has 3 rings (SSSR count). The van der Waals surface area contributed by atoms with Crippen LogP contribution >= 0.6 is 23.3 Å². The fourth-order valence-electron chi connectivity index (χ4n) is 2.44. The quantitative estimate of drug-likeness (QED) is 0.870. The summed E-state index contributed by atoms with van der Waals surface area (Å²) in [5.41, 5.74) is 2.23. The van der Waals surface area contributed by atoms with Gasteiger partial charge in [-0.15, -0.1) is 11.3 Å². The minimum Gasteiger partial charge on any atom is -0.389 e. The Morgan fingerprint density at radius 2 is 1.81 bits per heavy atom. The van der Waals surface area contributed by atoms with Gasteiger partial charge in [-0.2, -0.15) is 0 Å². The van der Waals surface area contributed by atoms with Crippen LogP contribution in [0.5, 0.6) is 0 Å². The molecular weight excluding hydrogens is 300 g/mol. The van der Waals surface area contributed by atoms with Crippen LogP contribution in [0.4, 0.5) is 5.69 Å². The van der Waals surface area contributed by atoms with Gasteiger partial charge in [0.05, 0.1) is 10.3 Å². The predicted octanol–water partition coefficient (Wildman–Crippen LogP) is 3.63. The molecule has 0 amide bonds. The number of anilines is 1. The van der Waals surface area contributed by atoms with Crippen molar-refractivity contribution in [2.75, 3.05) is 31.1 Å². The van der Waals surface area contributed by atoms with Crippen molar-refractivity contribution in [3.8, 4) is 0 Å². The summed E-state index contributed by atoms with van der Waals surface area (Å²) < 4.78 is 3.80. The van der Waals surface area contributed by atoms with E-state index in [1.165, 1.54) is 9.90 Å². The molecule has 1 fully saturated rings. The maximum atomic E-state index is 9.56. The van der Waals surface area contributed by atoms with Crippen LogP contribution in [0.15, 0.2) is 46.0 Å². The molecule has 0 radical (unpaired) electrons. The van der Waals surface area contributed by atoms with E-state index in [0.717, 1.165) is 31.7 Å². The monoisotopic (exact) mass is 320 g/mol. The number of aliphatic hydroxyl groups is 1. The van der Waals surface area contributed by atoms with Gasteiger partial charge in [0.15, 0.2) is 0 Å². The van der Waals surface area contributed by atoms with Crippen molar-refractivity contribution < 1.29 is 5.11 Å². The molecule has 0 spiro atoms. The van der Waals surface area contributed by atoms with E-state index >= 15 is 0 Å². The minimum absolute atomic E-state index is 0.391. The van der Waals surface area contributed by atoms with Crippen molar-refractivity contribution in [1.82, 2.24) is 4.31 Å². The second kappa shape index (κ2) is 6.83. The zero-order valence-corrected chi connectivity index (χ0v) is 13.7. The summed E-state index contributed by atoms with van der Waals surface area (Å²) in [4.78, 5) is 2.41. The van der Waals surface area contributed by atoms with Gasteiger partial charge in [-0.05, 0) is 48.0 Å². The Kier molecular flexibility index (Phi) is 4.85. The Morgan fingerprint density at radius 3 is 2.38 bits per heavy atom. The van der Waals surface area contributed by atoms with E-state index in [0.29, 0.717) is 0 Å². The number of benzene rings is 1. The van der Waals surface area contributed by atoms with E-state index in [1.807, 2.05) is 24.1 Å². The van der Waals surface area contributed by atoms with E-state index in [-0.39, 0.29) is 0 Å². The highest BCUT2D eigenvalue weighted by Crippen LogP contribution is 2.29. The average molecular weight is 320 g/mol. The third kappa shape index (κ3) is 3.80. The topological polar surface area (TPSA) is 26.7 Å². The first-order chi connectivity index (χ1) is 10.2. The number of aliphatic hydroxyl groups excluding tert-OH is 1. The molecule has 0 bridgehead atoms. The van der Waals surface area contributed by atoms with Gasteiger partial charge in [0, 0.05) is 31.9 Å². The maximum absolute atomic E-state index is 9.56. The Labute approximate surface area is 134 Å². The third-order valence-electron chi connectivity index (χ3n) is 3.69. The SMILES string of the molecule is CC(O)c1ccc(N2CCN(Sc3cccs3)CC2)cc1. The fourth-order valence-corrected chi connectivity index (χ4v) is 4.29. The number of thiophene rings is 1. The zero-order chi connectivity index (χ0) is 14.7. The Hall–Kier alpha value is -1.01. The number of hydrogen-bond donors (Lipinski definition) is 1. The van der Waals surface area contributed by atoms with Crippen LogP contribution in [0.2, 0.25) is 0 Å². The first-order valence-electron chi connectivity index (χ1n) is 7.22. The lowest BCUT2D eigenvalue weighted by molar-refractivity contribution is 0.199. The summed E-state index contributed by atoms with van der Waals surface area (Å²) in [5, 5.41) is 11.7. The van der Waals surface area contributed by atoms with Crippen molar-refractivity contribution in [3.05, 3.63) is 47.3 Å². The van der Waals surface area contributed by atoms with Gasteiger partial charge in [0.1, 0.15) is 0 Å². The predicted molar refractivity (Wildman–Crippen MR) is 91.0 cm³/mol. The van der Waals surface area contributed by atoms with Gasteiger partial charge in [-0.3, -0.25) is 0 Å². The number of nitrogens with zero attached hydrogens (tertiary/aromatic N) is 2. The van der Waals surface area contributed by atoms with Crippen LogP contribution in [0.1, 0.15) is 18.6 Å². The molecule has 5 heteroatoms. The van der Waals surface area contributed by atoms with Crippen LogP contribution in [-0.2, 0) is 0 Å². The molecule has 0 aliphatic carbocycles. The van der Waals surface area contributed by atoms with Crippen LogP contribution < -0.4 is 4.90 Å². The Bertz CT molecular complexity index is 546. The Morgan fingerprint density at radius 1 is 1.10 bits per heavy atom. The molecule has 1 unspecified atom stereocenters. The van der Waals surface area contributed by atoms with Gasteiger partial charge in [-0.25, -0.2) is 4.31 Å². The standard InChI is InChI=1S/C16H20N2OS2/c1-13(19)14-4-6-15(7-5-14)17-8-10-18(11-9-17)21-16-3-2-12-20-16/h2-7,12-13,19H,8-11H2,1H3. The molecule has 0 saturated carbocycles. The van der Waals surface area contributed by atoms with Gasteiger partial charge < -0.3 is 10.0 Å². The molecule has 1 aromatic heterocycles. The summed E-state index contributed by atoms with van der Waals surface area (Å²) >= 11 is 3.67. The molecule has 112 valence electrons. The number of rotatable bonds is 4. The van der Waals surface area contributed by atoms with E-state index in [9.17, 15) is 5.11 Å². The molecule has 1 aromatic carbocycles. The Balaban J connectivity index is 1.55. The third-order valence-corrected chi connectivity index (χ3v) is 5.81. The smallest absolute Gasteiger partial charge is 0.0761 e. The molecule has 2 heterocycles. The molecule has 21 heavy (non-hydrogen) atoms. The average Bonchev–Trinajstić information content (AvgIpc) is 3.01. The van der Waals surface area contributed by atoms with Crippen molar-refractivity contribution >= 4 is 29.0 Å². The summed E-state index contributed by atoms with van der Waals surface area (Å²) in [7, 11) is 0. The van der Waals surface area contributed by atoms with Crippen molar-refractivity contribution in [3.63, 3.8) is 0 Å². The number of piperazine rings is 1. The van der Waals surface area contributed by atoms with E-state index < -0.39 is 6.10 Å². The molecule has 2 aromatic rings. The second-order valence-electron chi connectivity index (χ2n) is 5.21. The van der Waals surface area contributed by atoms with Crippen molar-refractivity contribution in [2.24, 2.45) is 0 Å². The minimum atomic E-state index is -0.391. The molecule has 1 aliphatic heterocycles. The summed E-state index contributed by atoms with van der Waals surface area (Å²) in [6, 6.07) is 12.6. The van der Waals surface area contributed by atoms with E-state index in [2.05, 4.69) is 38.9 Å². The second-order valence-corrected chi connectivity index (χ2v) is 7.55. The maximum Gasteiger partial charge on any atom is 0.0761 e. The summed E-state index contributed by atoms with van der Waals surface area (Å²) in [5.74, 6) is 0. The van der Waals surface area contributed by atoms with Gasteiger partial charge in [0.25, 0.3) is 0 Å². The van der Waals surface area contributed by atoms with Crippen LogP contribution in [0.25, 0.3) is 0 Å². The van der Waals surface area contributed by atoms with Crippen LogP contribution in [-0.4, -0.2) is 35.6 Å². The van der Waals surface area contributed by atoms with E-state index in [1.54, 1.807) is 18.3 Å². The fraction of sp³-hybridized carbons (Fsp3) is 0.375. The molecule has 3 nitrogen and oxygen atoms in total. The lowest BCUT2D eigenvalue weighted by atomic mass is 10.1. The lowest BCUT2D eigenvalue weighted by Crippen LogP contribution is -2.43.